The van der Waals surface area contributed by atoms with Gasteiger partial charge < -0.3 is 10.6 Å². The van der Waals surface area contributed by atoms with Crippen LogP contribution in [-0.4, -0.2) is 22.5 Å². The van der Waals surface area contributed by atoms with Crippen LogP contribution in [0.2, 0.25) is 0 Å². The van der Waals surface area contributed by atoms with Gasteiger partial charge in [-0.2, -0.15) is 0 Å². The van der Waals surface area contributed by atoms with E-state index in [4.69, 9.17) is 12.2 Å². The van der Waals surface area contributed by atoms with E-state index in [9.17, 15) is 14.0 Å². The standard InChI is InChI=1S/C19H20FN3O2S/c1-19(2,3)23-16(24)12-8-10-13(11-9-12)21-18(26)22-17(25)14-6-4-5-7-15(14)20/h4-11H,1-3H3,(H,23,24)(H2,21,22,25,26). The van der Waals surface area contributed by atoms with Gasteiger partial charge in [-0.05, 0) is 69.4 Å². The molecule has 3 N–H and O–H groups in total. The van der Waals surface area contributed by atoms with Crippen molar-refractivity contribution in [2.75, 3.05) is 5.32 Å². The second-order valence-electron chi connectivity index (χ2n) is 6.67. The quantitative estimate of drug-likeness (QED) is 0.721. The maximum atomic E-state index is 13.6. The molecule has 0 saturated carbocycles. The fourth-order valence-corrected chi connectivity index (χ4v) is 2.31. The lowest BCUT2D eigenvalue weighted by atomic mass is 10.1. The van der Waals surface area contributed by atoms with Gasteiger partial charge in [0.1, 0.15) is 5.82 Å². The summed E-state index contributed by atoms with van der Waals surface area (Å²) in [6.45, 7) is 5.70. The summed E-state index contributed by atoms with van der Waals surface area (Å²) >= 11 is 5.07. The summed E-state index contributed by atoms with van der Waals surface area (Å²) in [5, 5.41) is 8.14. The topological polar surface area (TPSA) is 70.2 Å². The Morgan fingerprint density at radius 2 is 1.58 bits per heavy atom. The molecule has 0 atom stereocenters. The lowest BCUT2D eigenvalue weighted by Crippen LogP contribution is -2.40. The van der Waals surface area contributed by atoms with Gasteiger partial charge in [0.2, 0.25) is 0 Å². The van der Waals surface area contributed by atoms with Crippen LogP contribution in [0.25, 0.3) is 0 Å². The lowest BCUT2D eigenvalue weighted by molar-refractivity contribution is 0.0918. The molecule has 2 rings (SSSR count). The third-order valence-corrected chi connectivity index (χ3v) is 3.44. The van der Waals surface area contributed by atoms with Gasteiger partial charge in [-0.15, -0.1) is 0 Å². The van der Waals surface area contributed by atoms with Crippen molar-refractivity contribution in [1.82, 2.24) is 10.6 Å². The summed E-state index contributed by atoms with van der Waals surface area (Å²) in [5.41, 5.74) is 0.681. The second-order valence-corrected chi connectivity index (χ2v) is 7.08. The van der Waals surface area contributed by atoms with Crippen molar-refractivity contribution < 1.29 is 14.0 Å². The maximum Gasteiger partial charge on any atom is 0.260 e. The van der Waals surface area contributed by atoms with Gasteiger partial charge in [0.05, 0.1) is 5.56 Å². The second kappa shape index (κ2) is 8.05. The smallest absolute Gasteiger partial charge is 0.260 e. The van der Waals surface area contributed by atoms with Crippen molar-refractivity contribution in [3.63, 3.8) is 0 Å². The number of thiocarbonyl (C=S) groups is 1. The molecule has 0 aliphatic heterocycles. The van der Waals surface area contributed by atoms with Crippen LogP contribution in [0.15, 0.2) is 48.5 Å². The zero-order valence-electron chi connectivity index (χ0n) is 14.7. The minimum atomic E-state index is -0.637. The van der Waals surface area contributed by atoms with E-state index in [1.54, 1.807) is 30.3 Å². The zero-order chi connectivity index (χ0) is 19.3. The number of anilines is 1. The molecule has 0 aliphatic rings. The van der Waals surface area contributed by atoms with Gasteiger partial charge in [0.25, 0.3) is 11.8 Å². The molecule has 2 aromatic carbocycles. The molecule has 0 radical (unpaired) electrons. The number of hydrogen-bond donors (Lipinski definition) is 3. The molecule has 0 unspecified atom stereocenters. The van der Waals surface area contributed by atoms with Crippen molar-refractivity contribution in [1.29, 1.82) is 0 Å². The molecule has 0 heterocycles. The number of halogens is 1. The first-order valence-electron chi connectivity index (χ1n) is 7.95. The Balaban J connectivity index is 1.96. The molecule has 7 heteroatoms. The minimum absolute atomic E-state index is 0.0325. The summed E-state index contributed by atoms with van der Waals surface area (Å²) in [4.78, 5) is 24.1. The molecule has 2 aromatic rings. The largest absolute Gasteiger partial charge is 0.347 e. The molecule has 0 bridgehead atoms. The Hall–Kier alpha value is -2.80. The first kappa shape index (κ1) is 19.5. The highest BCUT2D eigenvalue weighted by Gasteiger charge is 2.15. The average molecular weight is 373 g/mol. The summed E-state index contributed by atoms with van der Waals surface area (Å²) in [5.74, 6) is -1.44. The van der Waals surface area contributed by atoms with E-state index in [0.717, 1.165) is 0 Å². The normalized spacial score (nSPS) is 10.8. The fourth-order valence-electron chi connectivity index (χ4n) is 2.10. The predicted molar refractivity (Wildman–Crippen MR) is 104 cm³/mol. The van der Waals surface area contributed by atoms with Crippen molar-refractivity contribution >= 4 is 34.8 Å². The van der Waals surface area contributed by atoms with Crippen molar-refractivity contribution in [2.45, 2.75) is 26.3 Å². The van der Waals surface area contributed by atoms with Crippen LogP contribution in [0.5, 0.6) is 0 Å². The van der Waals surface area contributed by atoms with Gasteiger partial charge >= 0.3 is 0 Å². The van der Waals surface area contributed by atoms with E-state index < -0.39 is 11.7 Å². The fraction of sp³-hybridized carbons (Fsp3) is 0.211. The van der Waals surface area contributed by atoms with E-state index in [1.807, 2.05) is 20.8 Å². The van der Waals surface area contributed by atoms with E-state index in [1.165, 1.54) is 18.2 Å². The Kier molecular flexibility index (Phi) is 6.05. The molecule has 5 nitrogen and oxygen atoms in total. The van der Waals surface area contributed by atoms with E-state index >= 15 is 0 Å². The number of rotatable bonds is 3. The summed E-state index contributed by atoms with van der Waals surface area (Å²) in [6.07, 6.45) is 0. The SMILES string of the molecule is CC(C)(C)NC(=O)c1ccc(NC(=S)NC(=O)c2ccccc2F)cc1. The first-order valence-corrected chi connectivity index (χ1v) is 8.36. The third-order valence-electron chi connectivity index (χ3n) is 3.24. The van der Waals surface area contributed by atoms with Gasteiger partial charge in [0, 0.05) is 16.8 Å². The molecule has 0 saturated heterocycles. The van der Waals surface area contributed by atoms with Gasteiger partial charge in [0.15, 0.2) is 5.11 Å². The Bertz CT molecular complexity index is 829. The molecule has 0 aliphatic carbocycles. The number of carbonyl (C=O) groups is 2. The van der Waals surface area contributed by atoms with Gasteiger partial charge in [-0.1, -0.05) is 12.1 Å². The van der Waals surface area contributed by atoms with Gasteiger partial charge in [-0.3, -0.25) is 14.9 Å². The van der Waals surface area contributed by atoms with E-state index in [-0.39, 0.29) is 22.1 Å². The number of amides is 2. The van der Waals surface area contributed by atoms with Crippen LogP contribution < -0.4 is 16.0 Å². The summed E-state index contributed by atoms with van der Waals surface area (Å²) < 4.78 is 13.6. The highest BCUT2D eigenvalue weighted by molar-refractivity contribution is 7.80. The molecule has 0 spiro atoms. The van der Waals surface area contributed by atoms with Crippen LogP contribution in [0, 0.1) is 5.82 Å². The Morgan fingerprint density at radius 1 is 0.962 bits per heavy atom. The average Bonchev–Trinajstić information content (AvgIpc) is 2.54. The highest BCUT2D eigenvalue weighted by Crippen LogP contribution is 2.11. The van der Waals surface area contributed by atoms with Crippen molar-refractivity contribution in [3.05, 3.63) is 65.5 Å². The molecular weight excluding hydrogens is 353 g/mol. The molecular formula is C19H20FN3O2S. The molecule has 0 fully saturated rings. The molecule has 2 amide bonds. The van der Waals surface area contributed by atoms with Gasteiger partial charge in [-0.25, -0.2) is 4.39 Å². The maximum absolute atomic E-state index is 13.6. The number of nitrogens with one attached hydrogen (secondary N) is 3. The van der Waals surface area contributed by atoms with Crippen LogP contribution in [-0.2, 0) is 0 Å². The number of benzene rings is 2. The minimum Gasteiger partial charge on any atom is -0.347 e. The predicted octanol–water partition coefficient (Wildman–Crippen LogP) is 3.48. The molecule has 0 aromatic heterocycles. The van der Waals surface area contributed by atoms with Crippen LogP contribution >= 0.6 is 12.2 Å². The number of carbonyl (C=O) groups excluding carboxylic acids is 2. The number of hydrogen-bond acceptors (Lipinski definition) is 3. The van der Waals surface area contributed by atoms with Crippen LogP contribution in [0.1, 0.15) is 41.5 Å². The Morgan fingerprint density at radius 3 is 2.15 bits per heavy atom. The monoisotopic (exact) mass is 373 g/mol. The van der Waals surface area contributed by atoms with Crippen LogP contribution in [0.4, 0.5) is 10.1 Å². The molecule has 136 valence electrons. The summed E-state index contributed by atoms with van der Waals surface area (Å²) in [7, 11) is 0. The van der Waals surface area contributed by atoms with Crippen LogP contribution in [0.3, 0.4) is 0 Å². The zero-order valence-corrected chi connectivity index (χ0v) is 15.5. The highest BCUT2D eigenvalue weighted by atomic mass is 32.1. The Labute approximate surface area is 157 Å². The van der Waals surface area contributed by atoms with Crippen molar-refractivity contribution in [2.24, 2.45) is 0 Å². The van der Waals surface area contributed by atoms with Crippen molar-refractivity contribution in [3.8, 4) is 0 Å². The van der Waals surface area contributed by atoms with E-state index in [2.05, 4.69) is 16.0 Å². The lowest BCUT2D eigenvalue weighted by Gasteiger charge is -2.20. The third kappa shape index (κ3) is 5.63. The first-order chi connectivity index (χ1) is 12.2. The summed E-state index contributed by atoms with van der Waals surface area (Å²) in [6, 6.07) is 12.3. The molecule has 26 heavy (non-hydrogen) atoms. The van der Waals surface area contributed by atoms with E-state index in [0.29, 0.717) is 11.3 Å².